The molecule has 0 heterocycles. The molecule has 0 amide bonds. The van der Waals surface area contributed by atoms with Gasteiger partial charge in [0.15, 0.2) is 0 Å². The molecule has 0 bridgehead atoms. The summed E-state index contributed by atoms with van der Waals surface area (Å²) in [6, 6.07) is 12.8. The Hall–Kier alpha value is -0.960. The quantitative estimate of drug-likeness (QED) is 0.813. The fourth-order valence-corrected chi connectivity index (χ4v) is 3.18. The number of aryl methyl sites for hydroxylation is 2. The molecule has 0 aliphatic rings. The molecule has 1 N–H and O–H groups in total. The molecule has 20 heavy (non-hydrogen) atoms. The van der Waals surface area contributed by atoms with E-state index in [-0.39, 0.29) is 0 Å². The number of halogens is 1. The molecule has 0 unspecified atom stereocenters. The van der Waals surface area contributed by atoms with Crippen LogP contribution in [0, 0.1) is 13.8 Å². The van der Waals surface area contributed by atoms with Crippen LogP contribution in [-0.2, 0) is 6.54 Å². The van der Waals surface area contributed by atoms with E-state index in [2.05, 4.69) is 56.4 Å². The average Bonchev–Trinajstić information content (AvgIpc) is 2.42. The molecule has 0 aromatic heterocycles. The summed E-state index contributed by atoms with van der Waals surface area (Å²) in [5.41, 5.74) is 3.80. The maximum atomic E-state index is 6.33. The van der Waals surface area contributed by atoms with E-state index in [9.17, 15) is 0 Å². The van der Waals surface area contributed by atoms with Crippen LogP contribution in [0.4, 0.5) is 0 Å². The molecule has 0 aliphatic carbocycles. The van der Waals surface area contributed by atoms with E-state index >= 15 is 0 Å². The van der Waals surface area contributed by atoms with E-state index in [4.69, 9.17) is 11.6 Å². The largest absolute Gasteiger partial charge is 0.313 e. The number of hydrogen-bond acceptors (Lipinski definition) is 2. The molecule has 2 aromatic carbocycles. The van der Waals surface area contributed by atoms with Gasteiger partial charge in [0.2, 0.25) is 0 Å². The first-order valence-corrected chi connectivity index (χ1v) is 8.04. The molecule has 0 atom stereocenters. The third kappa shape index (κ3) is 4.02. The van der Waals surface area contributed by atoms with E-state index in [0.717, 1.165) is 23.7 Å². The third-order valence-electron chi connectivity index (χ3n) is 3.30. The fraction of sp³-hybridized carbons (Fsp3) is 0.294. The van der Waals surface area contributed by atoms with Crippen LogP contribution in [-0.4, -0.2) is 6.54 Å². The summed E-state index contributed by atoms with van der Waals surface area (Å²) in [6.07, 6.45) is 0. The Morgan fingerprint density at radius 1 is 1.00 bits per heavy atom. The van der Waals surface area contributed by atoms with E-state index in [1.807, 2.05) is 6.07 Å². The molecule has 0 radical (unpaired) electrons. The lowest BCUT2D eigenvalue weighted by Crippen LogP contribution is -2.11. The van der Waals surface area contributed by atoms with Crippen molar-refractivity contribution in [2.45, 2.75) is 37.1 Å². The lowest BCUT2D eigenvalue weighted by molar-refractivity contribution is 0.726. The van der Waals surface area contributed by atoms with Crippen molar-refractivity contribution >= 4 is 23.4 Å². The van der Waals surface area contributed by atoms with Gasteiger partial charge < -0.3 is 5.32 Å². The minimum atomic E-state index is 0.823. The Morgan fingerprint density at radius 2 is 1.70 bits per heavy atom. The van der Waals surface area contributed by atoms with Crippen molar-refractivity contribution < 1.29 is 0 Å². The first-order chi connectivity index (χ1) is 9.60. The molecule has 0 saturated carbocycles. The lowest BCUT2D eigenvalue weighted by Gasteiger charge is -2.08. The second-order valence-corrected chi connectivity index (χ2v) is 6.44. The highest BCUT2D eigenvalue weighted by Crippen LogP contribution is 2.31. The molecule has 3 heteroatoms. The van der Waals surface area contributed by atoms with Gasteiger partial charge in [0.05, 0.1) is 0 Å². The maximum absolute atomic E-state index is 6.33. The Labute approximate surface area is 130 Å². The normalized spacial score (nSPS) is 10.8. The molecule has 2 aromatic rings. The summed E-state index contributed by atoms with van der Waals surface area (Å²) in [6.45, 7) is 8.15. The van der Waals surface area contributed by atoms with Gasteiger partial charge in [-0.2, -0.15) is 0 Å². The van der Waals surface area contributed by atoms with Crippen LogP contribution in [0.3, 0.4) is 0 Å². The highest BCUT2D eigenvalue weighted by molar-refractivity contribution is 7.99. The van der Waals surface area contributed by atoms with Crippen molar-refractivity contribution in [3.05, 3.63) is 58.1 Å². The van der Waals surface area contributed by atoms with Crippen molar-refractivity contribution in [1.29, 1.82) is 0 Å². The summed E-state index contributed by atoms with van der Waals surface area (Å²) in [5, 5.41) is 4.13. The smallest absolute Gasteiger partial charge is 0.0462 e. The van der Waals surface area contributed by atoms with Gasteiger partial charge in [0.1, 0.15) is 0 Å². The molecular formula is C17H20ClNS. The number of nitrogens with one attached hydrogen (secondary N) is 1. The summed E-state index contributed by atoms with van der Waals surface area (Å²) >= 11 is 8.09. The van der Waals surface area contributed by atoms with Gasteiger partial charge in [-0.05, 0) is 61.3 Å². The Balaban J connectivity index is 2.13. The second kappa shape index (κ2) is 7.16. The zero-order valence-corrected chi connectivity index (χ0v) is 13.7. The topological polar surface area (TPSA) is 12.0 Å². The zero-order valence-electron chi connectivity index (χ0n) is 12.2. The molecule has 0 aliphatic heterocycles. The lowest BCUT2D eigenvalue weighted by atomic mass is 10.1. The van der Waals surface area contributed by atoms with Gasteiger partial charge in [0, 0.05) is 21.4 Å². The van der Waals surface area contributed by atoms with Crippen LogP contribution < -0.4 is 5.32 Å². The molecule has 0 saturated heterocycles. The Kier molecular flexibility index (Phi) is 5.53. The fourth-order valence-electron chi connectivity index (χ4n) is 1.91. The SMILES string of the molecule is CCNCc1ccc(Sc2ccc(C)c(C)c2)cc1Cl. The van der Waals surface area contributed by atoms with Crippen molar-refractivity contribution in [3.8, 4) is 0 Å². The second-order valence-electron chi connectivity index (χ2n) is 4.88. The summed E-state index contributed by atoms with van der Waals surface area (Å²) in [7, 11) is 0. The minimum absolute atomic E-state index is 0.823. The third-order valence-corrected chi connectivity index (χ3v) is 4.64. The van der Waals surface area contributed by atoms with Crippen molar-refractivity contribution in [3.63, 3.8) is 0 Å². The number of rotatable bonds is 5. The van der Waals surface area contributed by atoms with E-state index < -0.39 is 0 Å². The molecule has 0 spiro atoms. The Morgan fingerprint density at radius 3 is 2.35 bits per heavy atom. The van der Waals surface area contributed by atoms with Crippen LogP contribution in [0.25, 0.3) is 0 Å². The zero-order chi connectivity index (χ0) is 14.5. The average molecular weight is 306 g/mol. The van der Waals surface area contributed by atoms with Crippen LogP contribution in [0.5, 0.6) is 0 Å². The number of hydrogen-bond donors (Lipinski definition) is 1. The molecule has 0 fully saturated rings. The Bertz CT molecular complexity index is 596. The van der Waals surface area contributed by atoms with Crippen molar-refractivity contribution in [1.82, 2.24) is 5.32 Å². The monoisotopic (exact) mass is 305 g/mol. The van der Waals surface area contributed by atoms with E-state index in [0.29, 0.717) is 0 Å². The highest BCUT2D eigenvalue weighted by atomic mass is 35.5. The first-order valence-electron chi connectivity index (χ1n) is 6.84. The van der Waals surface area contributed by atoms with Crippen molar-refractivity contribution in [2.24, 2.45) is 0 Å². The summed E-state index contributed by atoms with van der Waals surface area (Å²) in [5.74, 6) is 0. The first kappa shape index (κ1) is 15.4. The van der Waals surface area contributed by atoms with E-state index in [1.165, 1.54) is 20.9 Å². The number of benzene rings is 2. The summed E-state index contributed by atoms with van der Waals surface area (Å²) < 4.78 is 0. The van der Waals surface area contributed by atoms with Gasteiger partial charge in [-0.25, -0.2) is 0 Å². The molecular weight excluding hydrogens is 286 g/mol. The van der Waals surface area contributed by atoms with Gasteiger partial charge in [-0.1, -0.05) is 42.4 Å². The van der Waals surface area contributed by atoms with Crippen LogP contribution >= 0.6 is 23.4 Å². The van der Waals surface area contributed by atoms with Gasteiger partial charge >= 0.3 is 0 Å². The maximum Gasteiger partial charge on any atom is 0.0462 e. The summed E-state index contributed by atoms with van der Waals surface area (Å²) in [4.78, 5) is 2.43. The van der Waals surface area contributed by atoms with Gasteiger partial charge in [0.25, 0.3) is 0 Å². The highest BCUT2D eigenvalue weighted by Gasteiger charge is 2.04. The van der Waals surface area contributed by atoms with Gasteiger partial charge in [-0.15, -0.1) is 0 Å². The standard InChI is InChI=1S/C17H20ClNS/c1-4-19-11-14-6-8-16(10-17(14)18)20-15-7-5-12(2)13(3)9-15/h5-10,19H,4,11H2,1-3H3. The van der Waals surface area contributed by atoms with Gasteiger partial charge in [-0.3, -0.25) is 0 Å². The molecule has 106 valence electrons. The van der Waals surface area contributed by atoms with Crippen molar-refractivity contribution in [2.75, 3.05) is 6.54 Å². The van der Waals surface area contributed by atoms with Crippen LogP contribution in [0.15, 0.2) is 46.2 Å². The minimum Gasteiger partial charge on any atom is -0.313 e. The van der Waals surface area contributed by atoms with Crippen LogP contribution in [0.1, 0.15) is 23.6 Å². The van der Waals surface area contributed by atoms with Crippen LogP contribution in [0.2, 0.25) is 5.02 Å². The predicted molar refractivity (Wildman–Crippen MR) is 88.9 cm³/mol. The van der Waals surface area contributed by atoms with E-state index in [1.54, 1.807) is 11.8 Å². The molecule has 2 rings (SSSR count). The molecule has 1 nitrogen and oxygen atoms in total. The predicted octanol–water partition coefficient (Wildman–Crippen LogP) is 5.22.